The molecule has 0 aliphatic carbocycles. The molecule has 0 unspecified atom stereocenters. The van der Waals surface area contributed by atoms with Gasteiger partial charge in [0, 0.05) is 12.6 Å². The van der Waals surface area contributed by atoms with Gasteiger partial charge in [0.25, 0.3) is 5.91 Å². The Morgan fingerprint density at radius 1 is 1.19 bits per heavy atom. The summed E-state index contributed by atoms with van der Waals surface area (Å²) in [5, 5.41) is 2.93. The van der Waals surface area contributed by atoms with Crippen molar-refractivity contribution in [1.29, 1.82) is 0 Å². The third-order valence-electron chi connectivity index (χ3n) is 2.92. The first-order valence-electron chi connectivity index (χ1n) is 6.24. The van der Waals surface area contributed by atoms with Gasteiger partial charge in [-0.1, -0.05) is 17.7 Å². The molecule has 0 fully saturated rings. The van der Waals surface area contributed by atoms with Crippen LogP contribution >= 0.6 is 11.6 Å². The topological polar surface area (TPSA) is 55.1 Å². The summed E-state index contributed by atoms with van der Waals surface area (Å²) in [7, 11) is 0. The number of amides is 1. The average Bonchev–Trinajstić information content (AvgIpc) is 2.40. The van der Waals surface area contributed by atoms with Crippen LogP contribution in [0.25, 0.3) is 0 Å². The maximum absolute atomic E-state index is 13.0. The highest BCUT2D eigenvalue weighted by Crippen LogP contribution is 2.22. The summed E-state index contributed by atoms with van der Waals surface area (Å²) < 4.78 is 26.0. The molecule has 2 aromatic carbocycles. The minimum atomic E-state index is -0.643. The van der Waals surface area contributed by atoms with Crippen LogP contribution in [0.15, 0.2) is 36.4 Å². The van der Waals surface area contributed by atoms with Gasteiger partial charge in [0.2, 0.25) is 0 Å². The minimum Gasteiger partial charge on any atom is -0.397 e. The average molecular weight is 311 g/mol. The molecule has 0 aliphatic rings. The summed E-state index contributed by atoms with van der Waals surface area (Å²) in [6.07, 6.45) is 0.306. The van der Waals surface area contributed by atoms with E-state index in [9.17, 15) is 13.6 Å². The minimum absolute atomic E-state index is 0.202. The number of para-hydroxylation sites is 1. The highest BCUT2D eigenvalue weighted by atomic mass is 35.5. The van der Waals surface area contributed by atoms with E-state index in [2.05, 4.69) is 5.32 Å². The van der Waals surface area contributed by atoms with Gasteiger partial charge in [0.15, 0.2) is 0 Å². The second-order valence-corrected chi connectivity index (χ2v) is 4.89. The van der Waals surface area contributed by atoms with E-state index in [1.165, 1.54) is 12.1 Å². The lowest BCUT2D eigenvalue weighted by molar-refractivity contribution is 0.0955. The number of carbonyl (C=O) groups excluding carboxylic acids is 1. The second kappa shape index (κ2) is 6.54. The molecule has 2 rings (SSSR count). The number of carbonyl (C=O) groups is 1. The van der Waals surface area contributed by atoms with Crippen LogP contribution in [0.3, 0.4) is 0 Å². The molecule has 0 aromatic heterocycles. The van der Waals surface area contributed by atoms with Crippen molar-refractivity contribution in [1.82, 2.24) is 5.32 Å². The maximum atomic E-state index is 13.0. The molecule has 3 nitrogen and oxygen atoms in total. The van der Waals surface area contributed by atoms with Gasteiger partial charge < -0.3 is 11.1 Å². The lowest BCUT2D eigenvalue weighted by Gasteiger charge is -2.08. The summed E-state index contributed by atoms with van der Waals surface area (Å²) >= 11 is 5.83. The number of anilines is 1. The number of halogens is 3. The predicted molar refractivity (Wildman–Crippen MR) is 78.3 cm³/mol. The molecule has 0 aliphatic heterocycles. The first-order chi connectivity index (χ1) is 9.97. The fourth-order valence-corrected chi connectivity index (χ4v) is 2.08. The first-order valence-corrected chi connectivity index (χ1v) is 6.62. The van der Waals surface area contributed by atoms with E-state index in [1.807, 2.05) is 0 Å². The van der Waals surface area contributed by atoms with Crippen LogP contribution in [0.5, 0.6) is 0 Å². The van der Waals surface area contributed by atoms with Crippen molar-refractivity contribution in [3.05, 3.63) is 64.2 Å². The number of nitrogens with one attached hydrogen (secondary N) is 1. The Balaban J connectivity index is 1.97. The summed E-state index contributed by atoms with van der Waals surface area (Å²) in [4.78, 5) is 11.9. The Hall–Kier alpha value is -2.14. The molecule has 0 spiro atoms. The molecule has 0 radical (unpaired) electrons. The number of nitrogens with two attached hydrogens (primary N) is 1. The van der Waals surface area contributed by atoms with E-state index < -0.39 is 11.6 Å². The van der Waals surface area contributed by atoms with Gasteiger partial charge in [-0.2, -0.15) is 0 Å². The summed E-state index contributed by atoms with van der Waals surface area (Å²) in [5.74, 6) is -1.67. The molecule has 0 saturated heterocycles. The van der Waals surface area contributed by atoms with Crippen molar-refractivity contribution in [2.24, 2.45) is 0 Å². The molecule has 21 heavy (non-hydrogen) atoms. The van der Waals surface area contributed by atoms with Gasteiger partial charge in [0.05, 0.1) is 16.3 Å². The standard InChI is InChI=1S/C15H13ClF2N2O/c16-13-3-1-2-12(14(13)19)15(21)20-5-4-9-6-10(17)8-11(18)7-9/h1-3,6-8H,4-5,19H2,(H,20,21). The second-order valence-electron chi connectivity index (χ2n) is 4.48. The van der Waals surface area contributed by atoms with Crippen molar-refractivity contribution in [2.45, 2.75) is 6.42 Å². The van der Waals surface area contributed by atoms with Gasteiger partial charge in [-0.3, -0.25) is 4.79 Å². The zero-order valence-corrected chi connectivity index (χ0v) is 11.8. The summed E-state index contributed by atoms with van der Waals surface area (Å²) in [6, 6.07) is 8.01. The van der Waals surface area contributed by atoms with Crippen LogP contribution in [0.4, 0.5) is 14.5 Å². The normalized spacial score (nSPS) is 10.4. The lowest BCUT2D eigenvalue weighted by atomic mass is 10.1. The van der Waals surface area contributed by atoms with Gasteiger partial charge in [-0.05, 0) is 36.2 Å². The number of nitrogen functional groups attached to an aromatic ring is 1. The van der Waals surface area contributed by atoms with Crippen LogP contribution in [-0.2, 0) is 6.42 Å². The van der Waals surface area contributed by atoms with Crippen molar-refractivity contribution >= 4 is 23.2 Å². The van der Waals surface area contributed by atoms with E-state index in [-0.39, 0.29) is 23.7 Å². The van der Waals surface area contributed by atoms with Crippen LogP contribution < -0.4 is 11.1 Å². The van der Waals surface area contributed by atoms with Crippen molar-refractivity contribution in [3.63, 3.8) is 0 Å². The smallest absolute Gasteiger partial charge is 0.253 e. The Kier molecular flexibility index (Phi) is 4.75. The molecule has 0 heterocycles. The van der Waals surface area contributed by atoms with Crippen LogP contribution in [0.2, 0.25) is 5.02 Å². The lowest BCUT2D eigenvalue weighted by Crippen LogP contribution is -2.26. The van der Waals surface area contributed by atoms with Gasteiger partial charge in [-0.25, -0.2) is 8.78 Å². The molecule has 0 atom stereocenters. The molecular weight excluding hydrogens is 298 g/mol. The fraction of sp³-hybridized carbons (Fsp3) is 0.133. The van der Waals surface area contributed by atoms with E-state index in [0.717, 1.165) is 6.07 Å². The number of hydrogen-bond donors (Lipinski definition) is 2. The van der Waals surface area contributed by atoms with Crippen molar-refractivity contribution in [3.8, 4) is 0 Å². The maximum Gasteiger partial charge on any atom is 0.253 e. The molecule has 1 amide bonds. The van der Waals surface area contributed by atoms with Crippen molar-refractivity contribution < 1.29 is 13.6 Å². The Morgan fingerprint density at radius 3 is 2.52 bits per heavy atom. The number of rotatable bonds is 4. The Bertz CT molecular complexity index is 656. The molecule has 110 valence electrons. The quantitative estimate of drug-likeness (QED) is 0.852. The van der Waals surface area contributed by atoms with Crippen LogP contribution in [0.1, 0.15) is 15.9 Å². The molecule has 0 saturated carbocycles. The highest BCUT2D eigenvalue weighted by molar-refractivity contribution is 6.33. The zero-order chi connectivity index (χ0) is 15.4. The molecular formula is C15H13ClF2N2O. The highest BCUT2D eigenvalue weighted by Gasteiger charge is 2.11. The third-order valence-corrected chi connectivity index (χ3v) is 3.25. The Labute approximate surface area is 125 Å². The van der Waals surface area contributed by atoms with Crippen molar-refractivity contribution in [2.75, 3.05) is 12.3 Å². The molecule has 3 N–H and O–H groups in total. The first kappa shape index (κ1) is 15.3. The molecule has 0 bridgehead atoms. The van der Waals surface area contributed by atoms with E-state index in [1.54, 1.807) is 18.2 Å². The largest absolute Gasteiger partial charge is 0.397 e. The zero-order valence-electron chi connectivity index (χ0n) is 11.0. The summed E-state index contributed by atoms with van der Waals surface area (Å²) in [6.45, 7) is 0.230. The van der Waals surface area contributed by atoms with E-state index in [4.69, 9.17) is 17.3 Å². The SMILES string of the molecule is Nc1c(Cl)cccc1C(=O)NCCc1cc(F)cc(F)c1. The monoisotopic (exact) mass is 310 g/mol. The van der Waals surface area contributed by atoms with Crippen LogP contribution in [0, 0.1) is 11.6 Å². The number of benzene rings is 2. The summed E-state index contributed by atoms with van der Waals surface area (Å²) in [5.41, 5.74) is 6.65. The fourth-order valence-electron chi connectivity index (χ4n) is 1.91. The molecule has 2 aromatic rings. The number of hydrogen-bond acceptors (Lipinski definition) is 2. The third kappa shape index (κ3) is 3.92. The van der Waals surface area contributed by atoms with Gasteiger partial charge in [0.1, 0.15) is 11.6 Å². The van der Waals surface area contributed by atoms with Gasteiger partial charge >= 0.3 is 0 Å². The van der Waals surface area contributed by atoms with Crippen LogP contribution in [-0.4, -0.2) is 12.5 Å². The van der Waals surface area contributed by atoms with Gasteiger partial charge in [-0.15, -0.1) is 0 Å². The predicted octanol–water partition coefficient (Wildman–Crippen LogP) is 3.17. The molecule has 6 heteroatoms. The van der Waals surface area contributed by atoms with E-state index >= 15 is 0 Å². The Morgan fingerprint density at radius 2 is 1.86 bits per heavy atom. The van der Waals surface area contributed by atoms with E-state index in [0.29, 0.717) is 17.0 Å².